The largest absolute Gasteiger partial charge is 0.493 e. The molecule has 0 amide bonds. The van der Waals surface area contributed by atoms with Gasteiger partial charge in [-0.2, -0.15) is 0 Å². The van der Waals surface area contributed by atoms with Gasteiger partial charge in [-0.05, 0) is 18.3 Å². The molecule has 0 bridgehead atoms. The molecule has 3 heteroatoms. The molecule has 0 saturated carbocycles. The van der Waals surface area contributed by atoms with Gasteiger partial charge in [0.2, 0.25) is 0 Å². The van der Waals surface area contributed by atoms with Crippen molar-refractivity contribution < 1.29 is 9.31 Å². The van der Waals surface area contributed by atoms with Crippen molar-refractivity contribution >= 4 is 12.6 Å². The highest BCUT2D eigenvalue weighted by Crippen LogP contribution is 1.96. The van der Waals surface area contributed by atoms with Gasteiger partial charge >= 0.3 is 7.12 Å². The fraction of sp³-hybridized carbons (Fsp3) is 0.500. The molecule has 0 spiro atoms. The summed E-state index contributed by atoms with van der Waals surface area (Å²) in [6.07, 6.45) is 2.03. The minimum atomic E-state index is -0.203. The monoisotopic (exact) mass is 206 g/mol. The van der Waals surface area contributed by atoms with Crippen LogP contribution in [0, 0.1) is 0 Å². The smallest absolute Gasteiger partial charge is 0.407 e. The molecular weight excluding hydrogens is 187 g/mol. The maximum atomic E-state index is 5.66. The molecule has 1 aromatic rings. The molecule has 0 N–H and O–H groups in total. The molecule has 1 rings (SSSR count). The Kier molecular flexibility index (Phi) is 6.13. The van der Waals surface area contributed by atoms with Crippen LogP contribution in [-0.2, 0) is 9.31 Å². The molecular formula is C12H19BO2. The van der Waals surface area contributed by atoms with Crippen molar-refractivity contribution in [2.75, 3.05) is 13.2 Å². The highest BCUT2D eigenvalue weighted by Gasteiger charge is 2.19. The predicted octanol–water partition coefficient (Wildman–Crippen LogP) is 2.24. The van der Waals surface area contributed by atoms with Gasteiger partial charge in [-0.15, -0.1) is 0 Å². The van der Waals surface area contributed by atoms with Crippen LogP contribution in [-0.4, -0.2) is 20.3 Å². The van der Waals surface area contributed by atoms with E-state index in [1.807, 2.05) is 30.3 Å². The van der Waals surface area contributed by atoms with E-state index in [-0.39, 0.29) is 7.12 Å². The van der Waals surface area contributed by atoms with Gasteiger partial charge in [0.25, 0.3) is 0 Å². The van der Waals surface area contributed by atoms with Crippen molar-refractivity contribution in [2.45, 2.75) is 26.7 Å². The summed E-state index contributed by atoms with van der Waals surface area (Å²) < 4.78 is 11.3. The van der Waals surface area contributed by atoms with Crippen molar-refractivity contribution in [3.63, 3.8) is 0 Å². The standard InChI is InChI=1S/C12H19BO2/c1-3-10-14-13(15-11-4-2)12-8-6-5-7-9-12/h5-9H,3-4,10-11H2,1-2H3. The second kappa shape index (κ2) is 7.49. The first-order valence-corrected chi connectivity index (χ1v) is 5.66. The Morgan fingerprint density at radius 3 is 1.93 bits per heavy atom. The molecule has 0 unspecified atom stereocenters. The highest BCUT2D eigenvalue weighted by atomic mass is 16.6. The Bertz CT molecular complexity index is 243. The Morgan fingerprint density at radius 1 is 0.933 bits per heavy atom. The number of rotatable bonds is 7. The lowest BCUT2D eigenvalue weighted by Crippen LogP contribution is -2.37. The van der Waals surface area contributed by atoms with Gasteiger partial charge in [0.15, 0.2) is 0 Å². The topological polar surface area (TPSA) is 18.5 Å². The van der Waals surface area contributed by atoms with Gasteiger partial charge in [0.1, 0.15) is 0 Å². The van der Waals surface area contributed by atoms with E-state index in [2.05, 4.69) is 13.8 Å². The van der Waals surface area contributed by atoms with Crippen LogP contribution < -0.4 is 5.46 Å². The maximum absolute atomic E-state index is 5.66. The van der Waals surface area contributed by atoms with Gasteiger partial charge in [0.05, 0.1) is 0 Å². The summed E-state index contributed by atoms with van der Waals surface area (Å²) in [7, 11) is -0.203. The van der Waals surface area contributed by atoms with Gasteiger partial charge < -0.3 is 9.31 Å². The molecule has 0 saturated heterocycles. The first kappa shape index (κ1) is 12.3. The molecule has 0 atom stereocenters. The third-order valence-electron chi connectivity index (χ3n) is 2.02. The summed E-state index contributed by atoms with van der Waals surface area (Å²) in [5.41, 5.74) is 1.10. The molecule has 15 heavy (non-hydrogen) atoms. The van der Waals surface area contributed by atoms with Crippen LogP contribution in [0.25, 0.3) is 0 Å². The van der Waals surface area contributed by atoms with E-state index in [9.17, 15) is 0 Å². The molecule has 0 fully saturated rings. The fourth-order valence-electron chi connectivity index (χ4n) is 1.30. The van der Waals surface area contributed by atoms with E-state index in [1.165, 1.54) is 0 Å². The summed E-state index contributed by atoms with van der Waals surface area (Å²) in [6.45, 7) is 5.68. The second-order valence-electron chi connectivity index (χ2n) is 3.48. The van der Waals surface area contributed by atoms with Gasteiger partial charge in [-0.3, -0.25) is 0 Å². The number of hydrogen-bond acceptors (Lipinski definition) is 2. The van der Waals surface area contributed by atoms with E-state index < -0.39 is 0 Å². The normalized spacial score (nSPS) is 10.3. The summed E-state index contributed by atoms with van der Waals surface area (Å²) in [6, 6.07) is 10.1. The van der Waals surface area contributed by atoms with Crippen LogP contribution >= 0.6 is 0 Å². The molecule has 82 valence electrons. The Hall–Kier alpha value is -0.795. The van der Waals surface area contributed by atoms with Crippen molar-refractivity contribution in [2.24, 2.45) is 0 Å². The third-order valence-corrected chi connectivity index (χ3v) is 2.02. The quantitative estimate of drug-likeness (QED) is 0.637. The molecule has 2 nitrogen and oxygen atoms in total. The molecule has 0 aliphatic carbocycles. The predicted molar refractivity (Wildman–Crippen MR) is 64.3 cm³/mol. The van der Waals surface area contributed by atoms with Crippen molar-refractivity contribution in [3.8, 4) is 0 Å². The first-order chi connectivity index (χ1) is 7.38. The minimum absolute atomic E-state index is 0.203. The zero-order valence-electron chi connectivity index (χ0n) is 9.61. The first-order valence-electron chi connectivity index (χ1n) is 5.66. The van der Waals surface area contributed by atoms with Crippen LogP contribution in [0.15, 0.2) is 30.3 Å². The second-order valence-corrected chi connectivity index (χ2v) is 3.48. The lowest BCUT2D eigenvalue weighted by Gasteiger charge is -2.13. The van der Waals surface area contributed by atoms with Gasteiger partial charge in [-0.1, -0.05) is 44.2 Å². The average molecular weight is 206 g/mol. The van der Waals surface area contributed by atoms with Crippen LogP contribution in [0.5, 0.6) is 0 Å². The maximum Gasteiger partial charge on any atom is 0.493 e. The summed E-state index contributed by atoms with van der Waals surface area (Å²) in [5, 5.41) is 0. The molecule has 1 aromatic carbocycles. The fourth-order valence-corrected chi connectivity index (χ4v) is 1.30. The minimum Gasteiger partial charge on any atom is -0.407 e. The Labute approximate surface area is 92.7 Å². The molecule has 0 aliphatic rings. The summed E-state index contributed by atoms with van der Waals surface area (Å²) in [4.78, 5) is 0. The highest BCUT2D eigenvalue weighted by molar-refractivity contribution is 6.61. The molecule has 0 radical (unpaired) electrons. The molecule has 0 aliphatic heterocycles. The van der Waals surface area contributed by atoms with Crippen LogP contribution in [0.4, 0.5) is 0 Å². The van der Waals surface area contributed by atoms with E-state index in [0.717, 1.165) is 31.5 Å². The summed E-state index contributed by atoms with van der Waals surface area (Å²) in [5.74, 6) is 0. The third kappa shape index (κ3) is 4.49. The Balaban J connectivity index is 2.55. The van der Waals surface area contributed by atoms with Crippen molar-refractivity contribution in [1.29, 1.82) is 0 Å². The molecule has 0 aromatic heterocycles. The number of hydrogen-bond donors (Lipinski definition) is 0. The number of benzene rings is 1. The average Bonchev–Trinajstić information content (AvgIpc) is 2.30. The zero-order chi connectivity index (χ0) is 10.9. The van der Waals surface area contributed by atoms with E-state index in [0.29, 0.717) is 0 Å². The van der Waals surface area contributed by atoms with E-state index >= 15 is 0 Å². The lowest BCUT2D eigenvalue weighted by molar-refractivity contribution is 0.207. The van der Waals surface area contributed by atoms with E-state index in [1.54, 1.807) is 0 Å². The van der Waals surface area contributed by atoms with Crippen molar-refractivity contribution in [1.82, 2.24) is 0 Å². The van der Waals surface area contributed by atoms with E-state index in [4.69, 9.17) is 9.31 Å². The van der Waals surface area contributed by atoms with Gasteiger partial charge in [-0.25, -0.2) is 0 Å². The van der Waals surface area contributed by atoms with Crippen molar-refractivity contribution in [3.05, 3.63) is 30.3 Å². The molecule has 0 heterocycles. The van der Waals surface area contributed by atoms with Crippen LogP contribution in [0.3, 0.4) is 0 Å². The van der Waals surface area contributed by atoms with Crippen LogP contribution in [0.2, 0.25) is 0 Å². The lowest BCUT2D eigenvalue weighted by atomic mass is 9.79. The zero-order valence-corrected chi connectivity index (χ0v) is 9.61. The SMILES string of the molecule is CCCOB(OCCC)c1ccccc1. The van der Waals surface area contributed by atoms with Gasteiger partial charge in [0, 0.05) is 13.2 Å². The Morgan fingerprint density at radius 2 is 1.47 bits per heavy atom. The van der Waals surface area contributed by atoms with Crippen LogP contribution in [0.1, 0.15) is 26.7 Å². The summed E-state index contributed by atoms with van der Waals surface area (Å²) >= 11 is 0.